The summed E-state index contributed by atoms with van der Waals surface area (Å²) in [5, 5.41) is 12.9. The van der Waals surface area contributed by atoms with Gasteiger partial charge in [-0.15, -0.1) is 16.8 Å². The first-order chi connectivity index (χ1) is 9.49. The van der Waals surface area contributed by atoms with Crippen LogP contribution in [0.3, 0.4) is 0 Å². The van der Waals surface area contributed by atoms with Gasteiger partial charge in [0.1, 0.15) is 5.82 Å². The second-order valence-corrected chi connectivity index (χ2v) is 5.35. The molecule has 0 aliphatic carbocycles. The number of amides is 3. The van der Waals surface area contributed by atoms with E-state index in [1.54, 1.807) is 19.9 Å². The smallest absolute Gasteiger partial charge is 0.321 e. The number of aryl methyl sites for hydroxylation is 1. The van der Waals surface area contributed by atoms with Gasteiger partial charge >= 0.3 is 6.03 Å². The molecule has 20 heavy (non-hydrogen) atoms. The van der Waals surface area contributed by atoms with Gasteiger partial charge in [0.25, 0.3) is 0 Å². The van der Waals surface area contributed by atoms with E-state index in [9.17, 15) is 9.59 Å². The SMILES string of the molecule is C=CCn1c(C)nnc1SC(C)C(=O)NC(=O)NCC. The zero-order valence-corrected chi connectivity index (χ0v) is 12.7. The molecule has 1 aromatic heterocycles. The summed E-state index contributed by atoms with van der Waals surface area (Å²) in [5.74, 6) is 0.385. The van der Waals surface area contributed by atoms with Crippen LogP contribution in [0.4, 0.5) is 4.79 Å². The average molecular weight is 297 g/mol. The predicted octanol–water partition coefficient (Wildman–Crippen LogP) is 1.10. The molecule has 1 rings (SSSR count). The van der Waals surface area contributed by atoms with Crippen molar-refractivity contribution in [3.63, 3.8) is 0 Å². The van der Waals surface area contributed by atoms with E-state index < -0.39 is 11.3 Å². The fraction of sp³-hybridized carbons (Fsp3) is 0.500. The highest BCUT2D eigenvalue weighted by Crippen LogP contribution is 2.22. The molecule has 0 aromatic carbocycles. The lowest BCUT2D eigenvalue weighted by molar-refractivity contribution is -0.119. The lowest BCUT2D eigenvalue weighted by atomic mass is 10.4. The Labute approximate surface area is 122 Å². The van der Waals surface area contributed by atoms with Crippen LogP contribution < -0.4 is 10.6 Å². The number of rotatable bonds is 6. The van der Waals surface area contributed by atoms with Gasteiger partial charge in [-0.1, -0.05) is 17.8 Å². The molecular weight excluding hydrogens is 278 g/mol. The Hall–Kier alpha value is -1.83. The summed E-state index contributed by atoms with van der Waals surface area (Å²) in [5.41, 5.74) is 0. The Morgan fingerprint density at radius 2 is 2.20 bits per heavy atom. The fourth-order valence-corrected chi connectivity index (χ4v) is 2.32. The monoisotopic (exact) mass is 297 g/mol. The highest BCUT2D eigenvalue weighted by atomic mass is 32.2. The van der Waals surface area contributed by atoms with Crippen molar-refractivity contribution in [3.05, 3.63) is 18.5 Å². The van der Waals surface area contributed by atoms with Crippen molar-refractivity contribution in [1.82, 2.24) is 25.4 Å². The second-order valence-electron chi connectivity index (χ2n) is 4.04. The Morgan fingerprint density at radius 3 is 2.80 bits per heavy atom. The number of nitrogens with one attached hydrogen (secondary N) is 2. The van der Waals surface area contributed by atoms with Crippen LogP contribution in [0.5, 0.6) is 0 Å². The summed E-state index contributed by atoms with van der Waals surface area (Å²) in [6.07, 6.45) is 1.74. The molecule has 3 amide bonds. The number of hydrogen-bond donors (Lipinski definition) is 2. The number of nitrogens with zero attached hydrogens (tertiary/aromatic N) is 3. The van der Waals surface area contributed by atoms with Gasteiger partial charge in [-0.05, 0) is 20.8 Å². The number of carbonyl (C=O) groups is 2. The second kappa shape index (κ2) is 7.68. The van der Waals surface area contributed by atoms with Crippen LogP contribution in [0.15, 0.2) is 17.8 Å². The lowest BCUT2D eigenvalue weighted by Gasteiger charge is -2.11. The van der Waals surface area contributed by atoms with Crippen LogP contribution in [-0.2, 0) is 11.3 Å². The first-order valence-electron chi connectivity index (χ1n) is 6.25. The third-order valence-corrected chi connectivity index (χ3v) is 3.52. The van der Waals surface area contributed by atoms with E-state index in [1.807, 2.05) is 11.5 Å². The van der Waals surface area contributed by atoms with Crippen LogP contribution in [0, 0.1) is 6.92 Å². The van der Waals surface area contributed by atoms with Crippen LogP contribution >= 0.6 is 11.8 Å². The summed E-state index contributed by atoms with van der Waals surface area (Å²) in [6.45, 7) is 10.0. The number of carbonyl (C=O) groups excluding carboxylic acids is 2. The van der Waals surface area contributed by atoms with Crippen LogP contribution in [-0.4, -0.2) is 38.5 Å². The molecule has 2 N–H and O–H groups in total. The van der Waals surface area contributed by atoms with Crippen molar-refractivity contribution in [2.24, 2.45) is 0 Å². The molecule has 8 heteroatoms. The standard InChI is InChI=1S/C12H19N5O2S/c1-5-7-17-9(4)15-16-12(17)20-8(3)10(18)14-11(19)13-6-2/h5,8H,1,6-7H2,2-4H3,(H2,13,14,18,19). The minimum Gasteiger partial charge on any atom is -0.338 e. The topological polar surface area (TPSA) is 88.9 Å². The number of imide groups is 1. The first-order valence-corrected chi connectivity index (χ1v) is 7.13. The van der Waals surface area contributed by atoms with Crippen molar-refractivity contribution in [2.45, 2.75) is 37.7 Å². The summed E-state index contributed by atoms with van der Waals surface area (Å²) in [4.78, 5) is 23.1. The Morgan fingerprint density at radius 1 is 1.50 bits per heavy atom. The Kier molecular flexibility index (Phi) is 6.23. The summed E-state index contributed by atoms with van der Waals surface area (Å²) in [7, 11) is 0. The van der Waals surface area contributed by atoms with E-state index in [0.29, 0.717) is 18.2 Å². The minimum atomic E-state index is -0.492. The largest absolute Gasteiger partial charge is 0.338 e. The number of allylic oxidation sites excluding steroid dienone is 1. The van der Waals surface area contributed by atoms with Crippen LogP contribution in [0.25, 0.3) is 0 Å². The quantitative estimate of drug-likeness (QED) is 0.606. The van der Waals surface area contributed by atoms with E-state index in [0.717, 1.165) is 5.82 Å². The third kappa shape index (κ3) is 4.37. The molecular formula is C12H19N5O2S. The van der Waals surface area contributed by atoms with Gasteiger partial charge in [-0.25, -0.2) is 4.79 Å². The zero-order chi connectivity index (χ0) is 15.1. The molecule has 1 aromatic rings. The highest BCUT2D eigenvalue weighted by molar-refractivity contribution is 8.00. The van der Waals surface area contributed by atoms with Crippen molar-refractivity contribution < 1.29 is 9.59 Å². The maximum atomic E-state index is 11.8. The van der Waals surface area contributed by atoms with Crippen molar-refractivity contribution in [2.75, 3.05) is 6.54 Å². The molecule has 7 nitrogen and oxygen atoms in total. The molecule has 110 valence electrons. The van der Waals surface area contributed by atoms with E-state index in [-0.39, 0.29) is 5.91 Å². The molecule has 0 spiro atoms. The predicted molar refractivity (Wildman–Crippen MR) is 77.5 cm³/mol. The molecule has 0 bridgehead atoms. The van der Waals surface area contributed by atoms with Crippen LogP contribution in [0.1, 0.15) is 19.7 Å². The normalized spacial score (nSPS) is 11.8. The van der Waals surface area contributed by atoms with Crippen molar-refractivity contribution in [1.29, 1.82) is 0 Å². The molecule has 0 fully saturated rings. The van der Waals surface area contributed by atoms with E-state index in [4.69, 9.17) is 0 Å². The molecule has 0 saturated heterocycles. The van der Waals surface area contributed by atoms with Gasteiger partial charge in [0.15, 0.2) is 5.16 Å². The van der Waals surface area contributed by atoms with Gasteiger partial charge in [0.05, 0.1) is 5.25 Å². The molecule has 0 aliphatic rings. The third-order valence-electron chi connectivity index (χ3n) is 2.44. The molecule has 0 saturated carbocycles. The molecule has 1 unspecified atom stereocenters. The van der Waals surface area contributed by atoms with Crippen molar-refractivity contribution in [3.8, 4) is 0 Å². The van der Waals surface area contributed by atoms with Gasteiger partial charge in [0, 0.05) is 13.1 Å². The molecule has 0 radical (unpaired) electrons. The summed E-state index contributed by atoms with van der Waals surface area (Å²) < 4.78 is 1.85. The highest BCUT2D eigenvalue weighted by Gasteiger charge is 2.20. The number of urea groups is 1. The van der Waals surface area contributed by atoms with Crippen LogP contribution in [0.2, 0.25) is 0 Å². The average Bonchev–Trinajstić information content (AvgIpc) is 2.72. The first kappa shape index (κ1) is 16.2. The molecule has 1 atom stereocenters. The van der Waals surface area contributed by atoms with E-state index >= 15 is 0 Å². The number of hydrogen-bond acceptors (Lipinski definition) is 5. The van der Waals surface area contributed by atoms with Gasteiger partial charge < -0.3 is 9.88 Å². The van der Waals surface area contributed by atoms with Gasteiger partial charge in [0.2, 0.25) is 5.91 Å². The Balaban J connectivity index is 2.66. The minimum absolute atomic E-state index is 0.369. The van der Waals surface area contributed by atoms with Gasteiger partial charge in [-0.2, -0.15) is 0 Å². The van der Waals surface area contributed by atoms with E-state index in [2.05, 4.69) is 27.4 Å². The van der Waals surface area contributed by atoms with Crippen molar-refractivity contribution >= 4 is 23.7 Å². The lowest BCUT2D eigenvalue weighted by Crippen LogP contribution is -2.42. The number of thioether (sulfide) groups is 1. The summed E-state index contributed by atoms with van der Waals surface area (Å²) in [6, 6.07) is -0.492. The molecule has 1 heterocycles. The zero-order valence-electron chi connectivity index (χ0n) is 11.8. The van der Waals surface area contributed by atoms with Gasteiger partial charge in [-0.3, -0.25) is 10.1 Å². The molecule has 0 aliphatic heterocycles. The summed E-state index contributed by atoms with van der Waals surface area (Å²) >= 11 is 1.25. The Bertz CT molecular complexity index is 500. The fourth-order valence-electron chi connectivity index (χ4n) is 1.42. The maximum Gasteiger partial charge on any atom is 0.321 e. The number of aromatic nitrogens is 3. The van der Waals surface area contributed by atoms with E-state index in [1.165, 1.54) is 11.8 Å². The maximum absolute atomic E-state index is 11.8.